The predicted octanol–water partition coefficient (Wildman–Crippen LogP) is 4.88. The quantitative estimate of drug-likeness (QED) is 0.391. The van der Waals surface area contributed by atoms with Crippen LogP contribution in [0, 0.1) is 0 Å². The van der Waals surface area contributed by atoms with Crippen LogP contribution in [-0.2, 0) is 20.9 Å². The molecule has 1 aliphatic carbocycles. The minimum atomic E-state index is -1.07. The molecule has 5 rings (SSSR count). The lowest BCUT2D eigenvalue weighted by atomic mass is 9.83. The average molecular weight is 556 g/mol. The molecule has 8 nitrogen and oxygen atoms in total. The zero-order valence-corrected chi connectivity index (χ0v) is 23.6. The highest BCUT2D eigenvalue weighted by Crippen LogP contribution is 2.44. The van der Waals surface area contributed by atoms with E-state index in [1.165, 1.54) is 24.4 Å². The maximum Gasteiger partial charge on any atom is 0.407 e. The molecule has 0 radical (unpaired) electrons. The number of aliphatic carboxylic acids is 1. The van der Waals surface area contributed by atoms with Gasteiger partial charge in [-0.1, -0.05) is 78.9 Å². The highest BCUT2D eigenvalue weighted by Gasteiger charge is 2.40. The first kappa shape index (κ1) is 28.4. The fraction of sp³-hybridized carbons (Fsp3) is 0.364. The molecule has 1 fully saturated rings. The van der Waals surface area contributed by atoms with Crippen LogP contribution < -0.4 is 5.32 Å². The van der Waals surface area contributed by atoms with Gasteiger partial charge in [0.25, 0.3) is 0 Å². The minimum absolute atomic E-state index is 0.00446. The highest BCUT2D eigenvalue weighted by molar-refractivity contribution is 5.84. The first-order valence-corrected chi connectivity index (χ1v) is 14.1. The second-order valence-corrected chi connectivity index (χ2v) is 11.2. The fourth-order valence-electron chi connectivity index (χ4n) is 5.97. The van der Waals surface area contributed by atoms with Gasteiger partial charge in [0.1, 0.15) is 12.6 Å². The van der Waals surface area contributed by atoms with Crippen LogP contribution in [0.3, 0.4) is 0 Å². The van der Waals surface area contributed by atoms with Gasteiger partial charge in [-0.05, 0) is 47.6 Å². The number of piperidine rings is 1. The van der Waals surface area contributed by atoms with Crippen LogP contribution in [0.5, 0.6) is 0 Å². The molecule has 1 atom stereocenters. The Bertz CT molecular complexity index is 1360. The summed E-state index contributed by atoms with van der Waals surface area (Å²) in [7, 11) is 1.49. The summed E-state index contributed by atoms with van der Waals surface area (Å²) in [5, 5.41) is 12.5. The number of carbonyl (C=O) groups is 3. The number of ether oxygens (including phenoxy) is 1. The number of nitrogens with zero attached hydrogens (tertiary/aromatic N) is 2. The van der Waals surface area contributed by atoms with E-state index >= 15 is 0 Å². The first-order valence-electron chi connectivity index (χ1n) is 14.1. The number of fused-ring (bicyclic) bond motifs is 3. The molecule has 0 bridgehead atoms. The average Bonchev–Trinajstić information content (AvgIpc) is 3.30. The van der Waals surface area contributed by atoms with E-state index in [9.17, 15) is 19.5 Å². The monoisotopic (exact) mass is 555 g/mol. The third kappa shape index (κ3) is 6.28. The van der Waals surface area contributed by atoms with E-state index < -0.39 is 23.6 Å². The molecule has 0 spiro atoms. The lowest BCUT2D eigenvalue weighted by Crippen LogP contribution is -2.58. The summed E-state index contributed by atoms with van der Waals surface area (Å²) in [6, 6.07) is 25.6. The third-order valence-corrected chi connectivity index (χ3v) is 8.59. The van der Waals surface area contributed by atoms with Crippen molar-refractivity contribution in [1.29, 1.82) is 0 Å². The van der Waals surface area contributed by atoms with Gasteiger partial charge in [0.05, 0.1) is 12.0 Å². The Morgan fingerprint density at radius 3 is 2.10 bits per heavy atom. The van der Waals surface area contributed by atoms with Gasteiger partial charge in [0.15, 0.2) is 0 Å². The van der Waals surface area contributed by atoms with Crippen molar-refractivity contribution in [2.75, 3.05) is 26.7 Å². The number of carbonyl (C=O) groups excluding carboxylic acids is 2. The molecule has 2 N–H and O–H groups in total. The summed E-state index contributed by atoms with van der Waals surface area (Å²) in [4.78, 5) is 41.6. The number of amides is 2. The molecule has 0 unspecified atom stereocenters. The predicted molar refractivity (Wildman–Crippen MR) is 156 cm³/mol. The second-order valence-electron chi connectivity index (χ2n) is 11.2. The van der Waals surface area contributed by atoms with E-state index in [2.05, 4.69) is 46.6 Å². The number of nitrogens with one attached hydrogen (secondary N) is 1. The lowest BCUT2D eigenvalue weighted by Gasteiger charge is -2.42. The van der Waals surface area contributed by atoms with Crippen molar-refractivity contribution >= 4 is 18.0 Å². The largest absolute Gasteiger partial charge is 0.480 e. The summed E-state index contributed by atoms with van der Waals surface area (Å²) in [5.41, 5.74) is 4.94. The van der Waals surface area contributed by atoms with Crippen molar-refractivity contribution in [3.8, 4) is 11.1 Å². The number of alkyl carbamates (subject to hydrolysis) is 1. The number of likely N-dealkylation sites (tertiary alicyclic amines) is 1. The number of rotatable bonds is 9. The number of likely N-dealkylation sites (N-methyl/N-ethyl adjacent to an activating group) is 1. The lowest BCUT2D eigenvalue weighted by molar-refractivity contribution is -0.149. The van der Waals surface area contributed by atoms with Crippen molar-refractivity contribution in [3.05, 3.63) is 95.6 Å². The molecular weight excluding hydrogens is 518 g/mol. The van der Waals surface area contributed by atoms with Crippen LogP contribution in [0.4, 0.5) is 4.79 Å². The number of hydrogen-bond donors (Lipinski definition) is 2. The molecule has 8 heteroatoms. The second kappa shape index (κ2) is 12.1. The number of benzene rings is 3. The Kier molecular flexibility index (Phi) is 8.40. The molecule has 1 saturated heterocycles. The molecule has 2 amide bonds. The smallest absolute Gasteiger partial charge is 0.407 e. The van der Waals surface area contributed by atoms with E-state index in [1.807, 2.05) is 42.5 Å². The number of hydrogen-bond acceptors (Lipinski definition) is 5. The van der Waals surface area contributed by atoms with E-state index in [4.69, 9.17) is 4.74 Å². The maximum absolute atomic E-state index is 13.3. The summed E-state index contributed by atoms with van der Waals surface area (Å²) in [5.74, 6) is -1.46. The van der Waals surface area contributed by atoms with Crippen LogP contribution in [0.25, 0.3) is 11.1 Å². The molecule has 41 heavy (non-hydrogen) atoms. The van der Waals surface area contributed by atoms with Gasteiger partial charge in [-0.25, -0.2) is 9.59 Å². The van der Waals surface area contributed by atoms with Gasteiger partial charge in [0, 0.05) is 32.6 Å². The van der Waals surface area contributed by atoms with Crippen molar-refractivity contribution in [2.45, 2.75) is 50.2 Å². The SMILES string of the molecule is C[C@@H](C(=O)O)N(C)C(=O)CC1(NC(=O)OCC2c3ccccc3-c3ccccc32)CCN(Cc2ccccc2)CC1. The summed E-state index contributed by atoms with van der Waals surface area (Å²) >= 11 is 0. The highest BCUT2D eigenvalue weighted by atomic mass is 16.5. The summed E-state index contributed by atoms with van der Waals surface area (Å²) in [6.07, 6.45) is 0.533. The Hall–Kier alpha value is -4.17. The zero-order chi connectivity index (χ0) is 29.0. The number of carboxylic acids is 1. The van der Waals surface area contributed by atoms with Crippen molar-refractivity contribution in [1.82, 2.24) is 15.1 Å². The molecule has 1 aliphatic heterocycles. The molecule has 0 aromatic heterocycles. The van der Waals surface area contributed by atoms with E-state index in [0.717, 1.165) is 28.8 Å². The van der Waals surface area contributed by atoms with Crippen molar-refractivity contribution < 1.29 is 24.2 Å². The Morgan fingerprint density at radius 2 is 1.51 bits per heavy atom. The number of carboxylic acid groups (broad SMARTS) is 1. The first-order chi connectivity index (χ1) is 19.8. The fourth-order valence-corrected chi connectivity index (χ4v) is 5.97. The normalized spacial score (nSPS) is 16.7. The van der Waals surface area contributed by atoms with Crippen LogP contribution in [0.15, 0.2) is 78.9 Å². The Morgan fingerprint density at radius 1 is 0.951 bits per heavy atom. The van der Waals surface area contributed by atoms with Crippen LogP contribution in [0.1, 0.15) is 48.8 Å². The summed E-state index contributed by atoms with van der Waals surface area (Å²) < 4.78 is 5.84. The van der Waals surface area contributed by atoms with Gasteiger partial charge >= 0.3 is 12.1 Å². The van der Waals surface area contributed by atoms with Crippen molar-refractivity contribution in [2.24, 2.45) is 0 Å². The standard InChI is InChI=1S/C33H37N3O5/c1-23(31(38)39)35(2)30(37)20-33(16-18-36(19-17-33)21-24-10-4-3-5-11-24)34-32(40)41-22-29-27-14-8-6-12-25(27)26-13-7-9-15-28(26)29/h3-15,23,29H,16-22H2,1-2H3,(H,34,40)(H,38,39)/t23-/m0/s1. The van der Waals surface area contributed by atoms with Gasteiger partial charge in [-0.3, -0.25) is 9.69 Å². The topological polar surface area (TPSA) is 99.2 Å². The van der Waals surface area contributed by atoms with Gasteiger partial charge in [-0.15, -0.1) is 0 Å². The van der Waals surface area contributed by atoms with Crippen LogP contribution >= 0.6 is 0 Å². The molecule has 1 heterocycles. The van der Waals surface area contributed by atoms with Gasteiger partial charge < -0.3 is 20.1 Å². The molecule has 214 valence electrons. The van der Waals surface area contributed by atoms with Gasteiger partial charge in [0.2, 0.25) is 5.91 Å². The Labute approximate surface area is 240 Å². The summed E-state index contributed by atoms with van der Waals surface area (Å²) in [6.45, 7) is 3.81. The third-order valence-electron chi connectivity index (χ3n) is 8.59. The zero-order valence-electron chi connectivity index (χ0n) is 23.6. The molecule has 3 aromatic rings. The Balaban J connectivity index is 1.28. The molecule has 2 aliphatic rings. The van der Waals surface area contributed by atoms with Gasteiger partial charge in [-0.2, -0.15) is 0 Å². The van der Waals surface area contributed by atoms with Crippen LogP contribution in [-0.4, -0.2) is 71.2 Å². The minimum Gasteiger partial charge on any atom is -0.480 e. The van der Waals surface area contributed by atoms with Crippen LogP contribution in [0.2, 0.25) is 0 Å². The van der Waals surface area contributed by atoms with E-state index in [0.29, 0.717) is 25.9 Å². The molecule has 0 saturated carbocycles. The van der Waals surface area contributed by atoms with E-state index in [1.54, 1.807) is 0 Å². The van der Waals surface area contributed by atoms with Crippen molar-refractivity contribution in [3.63, 3.8) is 0 Å². The molecular formula is C33H37N3O5. The molecule has 3 aromatic carbocycles. The van der Waals surface area contributed by atoms with E-state index in [-0.39, 0.29) is 24.9 Å². The maximum atomic E-state index is 13.3.